The number of nitriles is 1. The first-order chi connectivity index (χ1) is 15.4. The Hall–Kier alpha value is -2.85. The molecule has 0 aromatic carbocycles. The van der Waals surface area contributed by atoms with E-state index in [1.54, 1.807) is 22.9 Å². The van der Waals surface area contributed by atoms with Crippen molar-refractivity contribution in [2.24, 2.45) is 13.0 Å². The van der Waals surface area contributed by atoms with Crippen molar-refractivity contribution in [1.29, 1.82) is 5.26 Å². The van der Waals surface area contributed by atoms with Crippen LogP contribution >= 0.6 is 0 Å². The zero-order valence-electron chi connectivity index (χ0n) is 18.2. The summed E-state index contributed by atoms with van der Waals surface area (Å²) in [6.45, 7) is 3.05. The Morgan fingerprint density at radius 1 is 1.36 bits per heavy atom. The number of sulfonamides is 1. The second-order valence-corrected chi connectivity index (χ2v) is 9.86. The van der Waals surface area contributed by atoms with Crippen LogP contribution in [0.4, 0.5) is 13.2 Å². The SMILES string of the molecule is CC1CCN(C(=O)C(CCn2cccc2C#N)NS(=O)(=O)c2cn(C)nc2C(F)(F)F)CC1. The highest BCUT2D eigenvalue weighted by atomic mass is 32.2. The molecule has 2 aromatic rings. The van der Waals surface area contributed by atoms with Crippen LogP contribution in [-0.4, -0.2) is 52.7 Å². The first-order valence-electron chi connectivity index (χ1n) is 10.4. The van der Waals surface area contributed by atoms with Crippen LogP contribution in [0.15, 0.2) is 29.4 Å². The van der Waals surface area contributed by atoms with Crippen molar-refractivity contribution in [3.8, 4) is 6.07 Å². The number of hydrogen-bond acceptors (Lipinski definition) is 5. The number of amides is 1. The topological polar surface area (TPSA) is 113 Å². The quantitative estimate of drug-likeness (QED) is 0.644. The van der Waals surface area contributed by atoms with Crippen molar-refractivity contribution in [3.63, 3.8) is 0 Å². The molecule has 3 heterocycles. The number of halogens is 3. The van der Waals surface area contributed by atoms with E-state index in [2.05, 4.69) is 16.7 Å². The van der Waals surface area contributed by atoms with Crippen molar-refractivity contribution < 1.29 is 26.4 Å². The molecule has 0 spiro atoms. The summed E-state index contributed by atoms with van der Waals surface area (Å²) >= 11 is 0. The lowest BCUT2D eigenvalue weighted by Gasteiger charge is -2.33. The van der Waals surface area contributed by atoms with Gasteiger partial charge in [0.25, 0.3) is 0 Å². The van der Waals surface area contributed by atoms with Gasteiger partial charge < -0.3 is 9.47 Å². The van der Waals surface area contributed by atoms with Gasteiger partial charge in [-0.3, -0.25) is 9.48 Å². The van der Waals surface area contributed by atoms with E-state index in [0.29, 0.717) is 24.7 Å². The summed E-state index contributed by atoms with van der Waals surface area (Å²) in [4.78, 5) is 13.7. The van der Waals surface area contributed by atoms with Gasteiger partial charge in [0.1, 0.15) is 22.7 Å². The van der Waals surface area contributed by atoms with Crippen LogP contribution in [0.5, 0.6) is 0 Å². The van der Waals surface area contributed by atoms with Crippen LogP contribution in [0.1, 0.15) is 37.6 Å². The van der Waals surface area contributed by atoms with Gasteiger partial charge >= 0.3 is 6.18 Å². The molecular weight excluding hydrogens is 461 g/mol. The molecule has 0 aliphatic carbocycles. The summed E-state index contributed by atoms with van der Waals surface area (Å²) in [7, 11) is -3.55. The first kappa shape index (κ1) is 24.8. The standard InChI is InChI=1S/C20H25F3N6O3S/c1-14-5-9-29(10-6-14)19(30)16(7-11-28-8-3-4-15(28)12-24)26-33(31,32)17-13-27(2)25-18(17)20(21,22)23/h3-4,8,13-14,16,26H,5-7,9-11H2,1-2H3. The summed E-state index contributed by atoms with van der Waals surface area (Å²) in [6.07, 6.45) is -1.16. The summed E-state index contributed by atoms with van der Waals surface area (Å²) in [5.74, 6) is -0.0828. The average Bonchev–Trinajstić information content (AvgIpc) is 3.37. The first-order valence-corrected chi connectivity index (χ1v) is 11.9. The molecule has 1 aliphatic heterocycles. The number of rotatable bonds is 7. The van der Waals surface area contributed by atoms with E-state index in [1.807, 2.05) is 6.07 Å². The number of nitrogens with zero attached hydrogens (tertiary/aromatic N) is 5. The molecule has 13 heteroatoms. The molecule has 1 atom stereocenters. The normalized spacial score (nSPS) is 16.5. The second kappa shape index (κ2) is 9.56. The minimum atomic E-state index is -4.99. The van der Waals surface area contributed by atoms with E-state index < -0.39 is 38.7 Å². The van der Waals surface area contributed by atoms with E-state index in [9.17, 15) is 31.6 Å². The number of aryl methyl sites for hydroxylation is 2. The molecule has 0 bridgehead atoms. The number of carbonyl (C=O) groups excluding carboxylic acids is 1. The van der Waals surface area contributed by atoms with Gasteiger partial charge in [0.2, 0.25) is 15.9 Å². The molecule has 1 aliphatic rings. The third kappa shape index (κ3) is 5.75. The van der Waals surface area contributed by atoms with Gasteiger partial charge in [0.15, 0.2) is 5.69 Å². The maximum absolute atomic E-state index is 13.4. The van der Waals surface area contributed by atoms with Crippen molar-refractivity contribution in [1.82, 2.24) is 24.0 Å². The summed E-state index contributed by atoms with van der Waals surface area (Å²) < 4.78 is 70.5. The molecule has 1 saturated heterocycles. The lowest BCUT2D eigenvalue weighted by atomic mass is 9.98. The van der Waals surface area contributed by atoms with E-state index in [1.165, 1.54) is 11.9 Å². The lowest BCUT2D eigenvalue weighted by Crippen LogP contribution is -2.51. The number of likely N-dealkylation sites (tertiary alicyclic amines) is 1. The van der Waals surface area contributed by atoms with Crippen LogP contribution in [-0.2, 0) is 34.6 Å². The number of hydrogen-bond donors (Lipinski definition) is 1. The summed E-state index contributed by atoms with van der Waals surface area (Å²) in [6, 6.07) is 3.89. The molecule has 1 N–H and O–H groups in total. The van der Waals surface area contributed by atoms with E-state index >= 15 is 0 Å². The number of piperidine rings is 1. The fraction of sp³-hybridized carbons (Fsp3) is 0.550. The van der Waals surface area contributed by atoms with Crippen molar-refractivity contribution in [2.75, 3.05) is 13.1 Å². The molecule has 3 rings (SSSR count). The minimum Gasteiger partial charge on any atom is -0.341 e. The third-order valence-corrected chi connectivity index (χ3v) is 7.12. The monoisotopic (exact) mass is 486 g/mol. The Morgan fingerprint density at radius 3 is 2.64 bits per heavy atom. The molecule has 1 fully saturated rings. The van der Waals surface area contributed by atoms with Crippen LogP contribution < -0.4 is 4.72 Å². The predicted octanol–water partition coefficient (Wildman–Crippen LogP) is 2.11. The average molecular weight is 487 g/mol. The van der Waals surface area contributed by atoms with E-state index in [0.717, 1.165) is 23.7 Å². The highest BCUT2D eigenvalue weighted by Gasteiger charge is 2.42. The van der Waals surface area contributed by atoms with Gasteiger partial charge in [0.05, 0.1) is 0 Å². The van der Waals surface area contributed by atoms with Crippen LogP contribution in [0.25, 0.3) is 0 Å². The van der Waals surface area contributed by atoms with Crippen molar-refractivity contribution in [2.45, 2.75) is 49.8 Å². The predicted molar refractivity (Wildman–Crippen MR) is 111 cm³/mol. The summed E-state index contributed by atoms with van der Waals surface area (Å²) in [5, 5.41) is 12.4. The van der Waals surface area contributed by atoms with Crippen molar-refractivity contribution >= 4 is 15.9 Å². The molecule has 0 radical (unpaired) electrons. The highest BCUT2D eigenvalue weighted by Crippen LogP contribution is 2.33. The smallest absolute Gasteiger partial charge is 0.341 e. The Bertz CT molecular complexity index is 1140. The molecule has 180 valence electrons. The zero-order chi connectivity index (χ0) is 24.4. The van der Waals surface area contributed by atoms with Crippen LogP contribution in [0.2, 0.25) is 0 Å². The molecule has 0 saturated carbocycles. The number of nitrogens with one attached hydrogen (secondary N) is 1. The third-order valence-electron chi connectivity index (χ3n) is 5.65. The Kier molecular flexibility index (Phi) is 7.18. The van der Waals surface area contributed by atoms with E-state index in [-0.39, 0.29) is 13.0 Å². The van der Waals surface area contributed by atoms with Gasteiger partial charge in [-0.05, 0) is 37.3 Å². The number of alkyl halides is 3. The van der Waals surface area contributed by atoms with Gasteiger partial charge in [-0.15, -0.1) is 0 Å². The fourth-order valence-electron chi connectivity index (χ4n) is 3.77. The Morgan fingerprint density at radius 2 is 2.03 bits per heavy atom. The highest BCUT2D eigenvalue weighted by molar-refractivity contribution is 7.89. The van der Waals surface area contributed by atoms with E-state index in [4.69, 9.17) is 0 Å². The Labute approximate surface area is 189 Å². The maximum atomic E-state index is 13.4. The largest absolute Gasteiger partial charge is 0.436 e. The maximum Gasteiger partial charge on any atom is 0.436 e. The number of aromatic nitrogens is 3. The van der Waals surface area contributed by atoms with Gasteiger partial charge in [-0.25, -0.2) is 8.42 Å². The van der Waals surface area contributed by atoms with Gasteiger partial charge in [-0.1, -0.05) is 6.92 Å². The Balaban J connectivity index is 1.88. The second-order valence-electron chi connectivity index (χ2n) is 8.18. The fourth-order valence-corrected chi connectivity index (χ4v) is 5.19. The molecule has 9 nitrogen and oxygen atoms in total. The minimum absolute atomic E-state index is 0.0465. The number of carbonyl (C=O) groups is 1. The van der Waals surface area contributed by atoms with Crippen molar-refractivity contribution in [3.05, 3.63) is 35.9 Å². The van der Waals surface area contributed by atoms with Crippen LogP contribution in [0.3, 0.4) is 0 Å². The van der Waals surface area contributed by atoms with Crippen LogP contribution in [0, 0.1) is 17.2 Å². The zero-order valence-corrected chi connectivity index (χ0v) is 19.0. The molecule has 1 unspecified atom stereocenters. The molecular formula is C20H25F3N6O3S. The lowest BCUT2D eigenvalue weighted by molar-refractivity contribution is -0.143. The van der Waals surface area contributed by atoms with Gasteiger partial charge in [0, 0.05) is 39.1 Å². The van der Waals surface area contributed by atoms with Gasteiger partial charge in [-0.2, -0.15) is 28.3 Å². The molecule has 33 heavy (non-hydrogen) atoms. The summed E-state index contributed by atoms with van der Waals surface area (Å²) in [5.41, 5.74) is -1.23. The molecule has 2 aromatic heterocycles. The molecule has 1 amide bonds.